The van der Waals surface area contributed by atoms with Crippen LogP contribution in [0.5, 0.6) is 5.75 Å². The molecule has 0 heterocycles. The van der Waals surface area contributed by atoms with Gasteiger partial charge in [-0.15, -0.1) is 0 Å². The van der Waals surface area contributed by atoms with Crippen LogP contribution in [-0.2, 0) is 16.8 Å². The minimum absolute atomic E-state index is 0.140. The minimum Gasteiger partial charge on any atom is -0.508 e. The summed E-state index contributed by atoms with van der Waals surface area (Å²) < 4.78 is 0. The third-order valence-corrected chi connectivity index (χ3v) is 3.11. The summed E-state index contributed by atoms with van der Waals surface area (Å²) >= 11 is 0. The van der Waals surface area contributed by atoms with Crippen molar-refractivity contribution in [3.05, 3.63) is 29.3 Å². The molecule has 0 aliphatic heterocycles. The molecule has 0 amide bonds. The van der Waals surface area contributed by atoms with E-state index >= 15 is 0 Å². The van der Waals surface area contributed by atoms with E-state index in [1.807, 2.05) is 0 Å². The van der Waals surface area contributed by atoms with Crippen molar-refractivity contribution in [1.29, 1.82) is 0 Å². The first-order chi connectivity index (χ1) is 7.53. The summed E-state index contributed by atoms with van der Waals surface area (Å²) in [7, 11) is 0. The maximum absolute atomic E-state index is 10.7. The number of carbonyl (C=O) groups is 1. The molecule has 1 aromatic carbocycles. The van der Waals surface area contributed by atoms with Crippen LogP contribution in [0.1, 0.15) is 30.4 Å². The Hall–Kier alpha value is -1.55. The molecule has 2 rings (SSSR count). The molecule has 3 N–H and O–H groups in total. The summed E-state index contributed by atoms with van der Waals surface area (Å²) in [5.74, 6) is -0.889. The van der Waals surface area contributed by atoms with Crippen molar-refractivity contribution in [3.63, 3.8) is 0 Å². The number of aliphatic hydroxyl groups is 1. The molecule has 86 valence electrons. The van der Waals surface area contributed by atoms with Crippen LogP contribution in [0.2, 0.25) is 0 Å². The first kappa shape index (κ1) is 11.0. The number of fused-ring (bicyclic) bond motifs is 1. The number of aliphatic carboxylic acids is 1. The maximum Gasteiger partial charge on any atom is 0.306 e. The van der Waals surface area contributed by atoms with Gasteiger partial charge in [0.1, 0.15) is 11.4 Å². The third kappa shape index (κ3) is 1.76. The number of carboxylic acid groups (broad SMARTS) is 1. The predicted molar refractivity (Wildman–Crippen MR) is 57.2 cm³/mol. The number of phenols is 1. The highest BCUT2D eigenvalue weighted by molar-refractivity contribution is 5.69. The van der Waals surface area contributed by atoms with Crippen molar-refractivity contribution in [1.82, 2.24) is 0 Å². The average Bonchev–Trinajstić information content (AvgIpc) is 2.18. The highest BCUT2D eigenvalue weighted by Crippen LogP contribution is 2.40. The fourth-order valence-electron chi connectivity index (χ4n) is 2.40. The van der Waals surface area contributed by atoms with Crippen molar-refractivity contribution >= 4 is 5.97 Å². The number of aromatic hydroxyl groups is 1. The van der Waals surface area contributed by atoms with Crippen LogP contribution in [0.15, 0.2) is 18.2 Å². The Morgan fingerprint density at radius 2 is 2.19 bits per heavy atom. The second-order valence-corrected chi connectivity index (χ2v) is 4.26. The molecule has 0 saturated carbocycles. The van der Waals surface area contributed by atoms with E-state index in [9.17, 15) is 15.0 Å². The summed E-state index contributed by atoms with van der Waals surface area (Å²) in [5.41, 5.74) is -0.100. The van der Waals surface area contributed by atoms with Crippen molar-refractivity contribution in [2.45, 2.75) is 31.3 Å². The van der Waals surface area contributed by atoms with Crippen LogP contribution in [0.3, 0.4) is 0 Å². The third-order valence-electron chi connectivity index (χ3n) is 3.11. The van der Waals surface area contributed by atoms with Crippen molar-refractivity contribution in [2.75, 3.05) is 0 Å². The van der Waals surface area contributed by atoms with E-state index in [0.717, 1.165) is 0 Å². The summed E-state index contributed by atoms with van der Waals surface area (Å²) in [5, 5.41) is 28.8. The molecule has 0 fully saturated rings. The monoisotopic (exact) mass is 222 g/mol. The molecule has 1 aliphatic carbocycles. The Labute approximate surface area is 93.2 Å². The number of hydrogen-bond donors (Lipinski definition) is 3. The molecule has 0 bridgehead atoms. The van der Waals surface area contributed by atoms with Crippen LogP contribution < -0.4 is 0 Å². The van der Waals surface area contributed by atoms with E-state index in [-0.39, 0.29) is 12.2 Å². The number of hydrogen-bond acceptors (Lipinski definition) is 3. The van der Waals surface area contributed by atoms with Gasteiger partial charge >= 0.3 is 5.97 Å². The fraction of sp³-hybridized carbons (Fsp3) is 0.417. The summed E-state index contributed by atoms with van der Waals surface area (Å²) in [6.07, 6.45) is 1.48. The summed E-state index contributed by atoms with van der Waals surface area (Å²) in [6, 6.07) is 4.88. The fourth-order valence-corrected chi connectivity index (χ4v) is 2.40. The molecular formula is C12H14O4. The molecule has 0 spiro atoms. The lowest BCUT2D eigenvalue weighted by Crippen LogP contribution is -2.33. The Morgan fingerprint density at radius 1 is 1.44 bits per heavy atom. The molecule has 1 aliphatic rings. The van der Waals surface area contributed by atoms with Crippen molar-refractivity contribution < 1.29 is 20.1 Å². The van der Waals surface area contributed by atoms with Gasteiger partial charge in [-0.3, -0.25) is 4.79 Å². The molecule has 1 unspecified atom stereocenters. The smallest absolute Gasteiger partial charge is 0.306 e. The summed E-state index contributed by atoms with van der Waals surface area (Å²) in [4.78, 5) is 10.7. The standard InChI is InChI=1S/C12H14O4/c13-10-5-1-4-9-8(10)3-2-6-12(9,16)7-11(14)15/h1,4-5,13,16H,2-3,6-7H2,(H,14,15). The first-order valence-electron chi connectivity index (χ1n) is 5.28. The minimum atomic E-state index is -1.34. The lowest BCUT2D eigenvalue weighted by atomic mass is 9.77. The van der Waals surface area contributed by atoms with Gasteiger partial charge in [0.05, 0.1) is 6.42 Å². The SMILES string of the molecule is O=C(O)CC1(O)CCCc2c(O)cccc21. The molecule has 0 aromatic heterocycles. The van der Waals surface area contributed by atoms with Crippen LogP contribution in [0.4, 0.5) is 0 Å². The van der Waals surface area contributed by atoms with E-state index in [1.54, 1.807) is 18.2 Å². The molecule has 4 heteroatoms. The Bertz CT molecular complexity index is 427. The van der Waals surface area contributed by atoms with Crippen molar-refractivity contribution in [2.24, 2.45) is 0 Å². The number of rotatable bonds is 2. The quantitative estimate of drug-likeness (QED) is 0.706. The predicted octanol–water partition coefficient (Wildman–Crippen LogP) is 1.39. The maximum atomic E-state index is 10.7. The van der Waals surface area contributed by atoms with Gasteiger partial charge in [-0.05, 0) is 36.5 Å². The first-order valence-corrected chi connectivity index (χ1v) is 5.28. The number of phenolic OH excluding ortho intramolecular Hbond substituents is 1. The van der Waals surface area contributed by atoms with Gasteiger partial charge in [-0.25, -0.2) is 0 Å². The topological polar surface area (TPSA) is 77.8 Å². The van der Waals surface area contributed by atoms with Gasteiger partial charge in [-0.2, -0.15) is 0 Å². The highest BCUT2D eigenvalue weighted by atomic mass is 16.4. The van der Waals surface area contributed by atoms with Crippen LogP contribution in [0, 0.1) is 0 Å². The van der Waals surface area contributed by atoms with Gasteiger partial charge in [0.15, 0.2) is 0 Å². The molecule has 1 atom stereocenters. The van der Waals surface area contributed by atoms with Gasteiger partial charge in [0.2, 0.25) is 0 Å². The lowest BCUT2D eigenvalue weighted by molar-refractivity contribution is -0.143. The van der Waals surface area contributed by atoms with E-state index in [2.05, 4.69) is 0 Å². The van der Waals surface area contributed by atoms with E-state index in [0.29, 0.717) is 30.4 Å². The lowest BCUT2D eigenvalue weighted by Gasteiger charge is -2.33. The molecular weight excluding hydrogens is 208 g/mol. The number of carboxylic acids is 1. The largest absolute Gasteiger partial charge is 0.508 e. The second kappa shape index (κ2) is 3.79. The molecule has 1 aromatic rings. The van der Waals surface area contributed by atoms with Crippen LogP contribution in [0.25, 0.3) is 0 Å². The Kier molecular flexibility index (Phi) is 2.59. The van der Waals surface area contributed by atoms with Crippen LogP contribution >= 0.6 is 0 Å². The Morgan fingerprint density at radius 3 is 2.88 bits per heavy atom. The summed E-state index contributed by atoms with van der Waals surface area (Å²) in [6.45, 7) is 0. The van der Waals surface area contributed by atoms with Gasteiger partial charge in [-0.1, -0.05) is 12.1 Å². The number of benzene rings is 1. The van der Waals surface area contributed by atoms with Gasteiger partial charge in [0.25, 0.3) is 0 Å². The Balaban J connectivity index is 2.47. The van der Waals surface area contributed by atoms with Crippen molar-refractivity contribution in [3.8, 4) is 5.75 Å². The molecule has 0 radical (unpaired) electrons. The molecule has 4 nitrogen and oxygen atoms in total. The zero-order valence-electron chi connectivity index (χ0n) is 8.81. The van der Waals surface area contributed by atoms with Crippen LogP contribution in [-0.4, -0.2) is 21.3 Å². The van der Waals surface area contributed by atoms with Gasteiger partial charge < -0.3 is 15.3 Å². The molecule has 0 saturated heterocycles. The average molecular weight is 222 g/mol. The second-order valence-electron chi connectivity index (χ2n) is 4.26. The van der Waals surface area contributed by atoms with E-state index in [1.165, 1.54) is 0 Å². The van der Waals surface area contributed by atoms with E-state index in [4.69, 9.17) is 5.11 Å². The normalized spacial score (nSPS) is 23.8. The molecule has 16 heavy (non-hydrogen) atoms. The zero-order chi connectivity index (χ0) is 11.8. The van der Waals surface area contributed by atoms with Gasteiger partial charge in [0, 0.05) is 0 Å². The highest BCUT2D eigenvalue weighted by Gasteiger charge is 2.37. The van der Waals surface area contributed by atoms with E-state index < -0.39 is 11.6 Å². The zero-order valence-corrected chi connectivity index (χ0v) is 8.81.